The highest BCUT2D eigenvalue weighted by Crippen LogP contribution is 2.42. The van der Waals surface area contributed by atoms with Gasteiger partial charge < -0.3 is 5.32 Å². The number of nitro benzene ring substituents is 1. The molecule has 0 radical (unpaired) electrons. The van der Waals surface area contributed by atoms with Crippen LogP contribution in [-0.4, -0.2) is 11.5 Å². The number of fused-ring (bicyclic) bond motifs is 1. The number of rotatable bonds is 1. The van der Waals surface area contributed by atoms with Crippen molar-refractivity contribution in [2.45, 2.75) is 20.3 Å². The first-order valence-electron chi connectivity index (χ1n) is 4.73. The lowest BCUT2D eigenvalue weighted by Crippen LogP contribution is -2.00. The van der Waals surface area contributed by atoms with Gasteiger partial charge in [0.05, 0.1) is 4.92 Å². The van der Waals surface area contributed by atoms with Gasteiger partial charge in [0.15, 0.2) is 0 Å². The van der Waals surface area contributed by atoms with Gasteiger partial charge >= 0.3 is 0 Å². The Bertz CT molecular complexity index is 457. The summed E-state index contributed by atoms with van der Waals surface area (Å²) in [5.41, 5.74) is 3.79. The monoisotopic (exact) mass is 270 g/mol. The summed E-state index contributed by atoms with van der Waals surface area (Å²) < 4.78 is 0.858. The third-order valence-corrected chi connectivity index (χ3v) is 4.05. The van der Waals surface area contributed by atoms with Crippen LogP contribution in [0.15, 0.2) is 4.47 Å². The summed E-state index contributed by atoms with van der Waals surface area (Å²) in [4.78, 5) is 10.7. The first-order valence-corrected chi connectivity index (χ1v) is 5.53. The maximum atomic E-state index is 11.0. The molecule has 1 heterocycles. The summed E-state index contributed by atoms with van der Waals surface area (Å²) in [5, 5.41) is 14.1. The zero-order chi connectivity index (χ0) is 11.2. The van der Waals surface area contributed by atoms with Crippen LogP contribution in [0.1, 0.15) is 16.7 Å². The second-order valence-electron chi connectivity index (χ2n) is 3.70. The zero-order valence-corrected chi connectivity index (χ0v) is 10.1. The molecule has 1 aliphatic heterocycles. The molecule has 0 saturated heterocycles. The molecule has 0 amide bonds. The molecule has 0 unspecified atom stereocenters. The Morgan fingerprint density at radius 1 is 1.40 bits per heavy atom. The molecule has 0 fully saturated rings. The molecule has 1 aromatic carbocycles. The number of nitrogens with zero attached hydrogens (tertiary/aromatic N) is 1. The van der Waals surface area contributed by atoms with Crippen LogP contribution in [-0.2, 0) is 6.42 Å². The third kappa shape index (κ3) is 1.42. The fraction of sp³-hybridized carbons (Fsp3) is 0.400. The maximum absolute atomic E-state index is 11.0. The molecular weight excluding hydrogens is 260 g/mol. The van der Waals surface area contributed by atoms with Crippen LogP contribution in [0.5, 0.6) is 0 Å². The van der Waals surface area contributed by atoms with Gasteiger partial charge in [0.25, 0.3) is 5.69 Å². The molecule has 0 spiro atoms. The standard InChI is InChI=1S/C10H11BrN2O2/c1-5-7-3-4-12-9(7)10(13(14)15)6(2)8(5)11/h12H,3-4H2,1-2H3. The maximum Gasteiger partial charge on any atom is 0.296 e. The largest absolute Gasteiger partial charge is 0.379 e. The topological polar surface area (TPSA) is 55.2 Å². The Kier molecular flexibility index (Phi) is 2.42. The van der Waals surface area contributed by atoms with Crippen LogP contribution in [0.2, 0.25) is 0 Å². The van der Waals surface area contributed by atoms with Crippen molar-refractivity contribution in [1.29, 1.82) is 0 Å². The molecule has 1 aliphatic rings. The molecule has 4 nitrogen and oxygen atoms in total. The first-order chi connectivity index (χ1) is 7.04. The average Bonchev–Trinajstić information content (AvgIpc) is 2.62. The Balaban J connectivity index is 2.81. The normalized spacial score (nSPS) is 13.5. The van der Waals surface area contributed by atoms with Gasteiger partial charge in [-0.15, -0.1) is 0 Å². The molecule has 0 bridgehead atoms. The van der Waals surface area contributed by atoms with E-state index in [1.807, 2.05) is 6.92 Å². The van der Waals surface area contributed by atoms with Crippen LogP contribution in [0, 0.1) is 24.0 Å². The number of halogens is 1. The van der Waals surface area contributed by atoms with Gasteiger partial charge in [-0.1, -0.05) is 0 Å². The van der Waals surface area contributed by atoms with Gasteiger partial charge in [0.2, 0.25) is 0 Å². The number of anilines is 1. The predicted molar refractivity (Wildman–Crippen MR) is 62.5 cm³/mol. The van der Waals surface area contributed by atoms with Crippen molar-refractivity contribution in [2.75, 3.05) is 11.9 Å². The smallest absolute Gasteiger partial charge is 0.296 e. The van der Waals surface area contributed by atoms with E-state index in [-0.39, 0.29) is 10.6 Å². The SMILES string of the molecule is Cc1c(Br)c(C)c([N+](=O)[O-])c2c1CCN2. The molecule has 0 saturated carbocycles. The summed E-state index contributed by atoms with van der Waals surface area (Å²) in [5.74, 6) is 0. The molecule has 80 valence electrons. The zero-order valence-electron chi connectivity index (χ0n) is 8.56. The van der Waals surface area contributed by atoms with Crippen LogP contribution in [0.3, 0.4) is 0 Å². The Morgan fingerprint density at radius 2 is 2.07 bits per heavy atom. The van der Waals surface area contributed by atoms with Gasteiger partial charge in [-0.3, -0.25) is 10.1 Å². The van der Waals surface area contributed by atoms with Crippen molar-refractivity contribution in [1.82, 2.24) is 0 Å². The summed E-state index contributed by atoms with van der Waals surface area (Å²) in [7, 11) is 0. The Labute approximate surface area is 96.0 Å². The summed E-state index contributed by atoms with van der Waals surface area (Å²) in [6.45, 7) is 4.55. The predicted octanol–water partition coefficient (Wildman–Crippen LogP) is 2.94. The highest BCUT2D eigenvalue weighted by atomic mass is 79.9. The fourth-order valence-corrected chi connectivity index (χ4v) is 2.51. The van der Waals surface area contributed by atoms with E-state index >= 15 is 0 Å². The van der Waals surface area contributed by atoms with E-state index in [0.717, 1.165) is 28.6 Å². The number of hydrogen-bond acceptors (Lipinski definition) is 3. The molecule has 1 aromatic rings. The van der Waals surface area contributed by atoms with Gasteiger partial charge in [-0.05, 0) is 47.3 Å². The minimum atomic E-state index is -0.309. The highest BCUT2D eigenvalue weighted by Gasteiger charge is 2.28. The summed E-state index contributed by atoms with van der Waals surface area (Å²) >= 11 is 3.42. The van der Waals surface area contributed by atoms with Crippen molar-refractivity contribution >= 4 is 27.3 Å². The molecule has 0 aliphatic carbocycles. The minimum Gasteiger partial charge on any atom is -0.379 e. The van der Waals surface area contributed by atoms with Crippen molar-refractivity contribution in [2.24, 2.45) is 0 Å². The molecule has 5 heteroatoms. The Hall–Kier alpha value is -1.10. The number of hydrogen-bond donors (Lipinski definition) is 1. The fourth-order valence-electron chi connectivity index (χ4n) is 2.08. The lowest BCUT2D eigenvalue weighted by atomic mass is 10.0. The van der Waals surface area contributed by atoms with E-state index in [1.165, 1.54) is 0 Å². The number of nitro groups is 1. The quantitative estimate of drug-likeness (QED) is 0.631. The van der Waals surface area contributed by atoms with Crippen molar-refractivity contribution < 1.29 is 4.92 Å². The lowest BCUT2D eigenvalue weighted by molar-refractivity contribution is -0.384. The van der Waals surface area contributed by atoms with Crippen molar-refractivity contribution in [3.8, 4) is 0 Å². The summed E-state index contributed by atoms with van der Waals surface area (Å²) in [6.07, 6.45) is 0.862. The molecule has 0 atom stereocenters. The van der Waals surface area contributed by atoms with Gasteiger partial charge in [-0.2, -0.15) is 0 Å². The highest BCUT2D eigenvalue weighted by molar-refractivity contribution is 9.10. The van der Waals surface area contributed by atoms with E-state index in [2.05, 4.69) is 21.2 Å². The minimum absolute atomic E-state index is 0.208. The molecular formula is C10H11BrN2O2. The van der Waals surface area contributed by atoms with E-state index in [1.54, 1.807) is 6.92 Å². The number of nitrogens with one attached hydrogen (secondary N) is 1. The Morgan fingerprint density at radius 3 is 2.67 bits per heavy atom. The van der Waals surface area contributed by atoms with Crippen LogP contribution >= 0.6 is 15.9 Å². The van der Waals surface area contributed by atoms with Gasteiger partial charge in [0, 0.05) is 16.6 Å². The summed E-state index contributed by atoms with van der Waals surface area (Å²) in [6, 6.07) is 0. The van der Waals surface area contributed by atoms with E-state index in [9.17, 15) is 10.1 Å². The van der Waals surface area contributed by atoms with Crippen molar-refractivity contribution in [3.63, 3.8) is 0 Å². The van der Waals surface area contributed by atoms with E-state index < -0.39 is 0 Å². The van der Waals surface area contributed by atoms with Crippen molar-refractivity contribution in [3.05, 3.63) is 31.3 Å². The second kappa shape index (κ2) is 3.48. The van der Waals surface area contributed by atoms with Crippen LogP contribution < -0.4 is 5.32 Å². The molecule has 0 aromatic heterocycles. The van der Waals surface area contributed by atoms with Gasteiger partial charge in [-0.25, -0.2) is 0 Å². The number of benzene rings is 1. The second-order valence-corrected chi connectivity index (χ2v) is 4.49. The van der Waals surface area contributed by atoms with E-state index in [4.69, 9.17) is 0 Å². The van der Waals surface area contributed by atoms with Gasteiger partial charge in [0.1, 0.15) is 5.69 Å². The first kappa shape index (κ1) is 10.4. The third-order valence-electron chi connectivity index (χ3n) is 2.86. The molecule has 15 heavy (non-hydrogen) atoms. The van der Waals surface area contributed by atoms with Crippen LogP contribution in [0.4, 0.5) is 11.4 Å². The molecule has 1 N–H and O–H groups in total. The van der Waals surface area contributed by atoms with Crippen LogP contribution in [0.25, 0.3) is 0 Å². The van der Waals surface area contributed by atoms with E-state index in [0.29, 0.717) is 11.3 Å². The lowest BCUT2D eigenvalue weighted by Gasteiger charge is -2.10. The molecule has 2 rings (SSSR count). The average molecular weight is 271 g/mol.